The molecule has 2 saturated heterocycles. The van der Waals surface area contributed by atoms with Crippen molar-refractivity contribution in [3.8, 4) is 0 Å². The van der Waals surface area contributed by atoms with Crippen molar-refractivity contribution in [3.63, 3.8) is 0 Å². The fourth-order valence-electron chi connectivity index (χ4n) is 2.58. The molecular weight excluding hydrogens is 320 g/mol. The van der Waals surface area contributed by atoms with Gasteiger partial charge >= 0.3 is 12.0 Å². The lowest BCUT2D eigenvalue weighted by atomic mass is 10.2. The normalized spacial score (nSPS) is 30.5. The summed E-state index contributed by atoms with van der Waals surface area (Å²) >= 11 is 1.44. The number of carbonyl (C=O) groups excluding carboxylic acids is 1. The smallest absolute Gasteiger partial charge is 0.326 e. The number of carboxylic acids is 1. The zero-order valence-corrected chi connectivity index (χ0v) is 13.1. The highest BCUT2D eigenvalue weighted by molar-refractivity contribution is 8.00. The van der Waals surface area contributed by atoms with Crippen molar-refractivity contribution in [3.05, 3.63) is 0 Å². The number of aliphatic hydroxyl groups is 1. The van der Waals surface area contributed by atoms with E-state index in [0.29, 0.717) is 5.75 Å². The predicted molar refractivity (Wildman–Crippen MR) is 76.8 cm³/mol. The Balaban J connectivity index is 2.22. The van der Waals surface area contributed by atoms with E-state index in [1.54, 1.807) is 0 Å². The van der Waals surface area contributed by atoms with Gasteiger partial charge in [-0.15, -0.1) is 0 Å². The first kappa shape index (κ1) is 16.4. The number of β-amino-alcohol motifs (C(OH)–C–C–N with tert-alkyl or cyclic N) is 1. The van der Waals surface area contributed by atoms with Gasteiger partial charge in [-0.1, -0.05) is 0 Å². The van der Waals surface area contributed by atoms with E-state index in [2.05, 4.69) is 0 Å². The summed E-state index contributed by atoms with van der Waals surface area (Å²) in [5.74, 6) is -0.313. The first-order valence-corrected chi connectivity index (χ1v) is 9.57. The van der Waals surface area contributed by atoms with Crippen molar-refractivity contribution >= 4 is 33.6 Å². The molecule has 3 atom stereocenters. The van der Waals surface area contributed by atoms with E-state index >= 15 is 0 Å². The summed E-state index contributed by atoms with van der Waals surface area (Å²) in [6.07, 6.45) is 0.135. The Morgan fingerprint density at radius 2 is 1.95 bits per heavy atom. The van der Waals surface area contributed by atoms with Crippen LogP contribution in [0.15, 0.2) is 0 Å². The SMILES string of the molecule is CS(=O)(=O)C1CSCCN1C(=O)N1C[C@@H](O)C[C@H]1C(=O)O. The van der Waals surface area contributed by atoms with Crippen molar-refractivity contribution in [2.45, 2.75) is 23.9 Å². The minimum Gasteiger partial charge on any atom is -0.480 e. The van der Waals surface area contributed by atoms with Gasteiger partial charge in [0.15, 0.2) is 9.84 Å². The Kier molecular flexibility index (Phi) is 4.69. The second kappa shape index (κ2) is 6.01. The maximum Gasteiger partial charge on any atom is 0.326 e. The van der Waals surface area contributed by atoms with Crippen LogP contribution in [-0.2, 0) is 14.6 Å². The molecule has 2 heterocycles. The fraction of sp³-hybridized carbons (Fsp3) is 0.818. The highest BCUT2D eigenvalue weighted by Gasteiger charge is 2.44. The molecule has 0 bridgehead atoms. The summed E-state index contributed by atoms with van der Waals surface area (Å²) in [5, 5.41) is 17.8. The molecule has 120 valence electrons. The van der Waals surface area contributed by atoms with Crippen LogP contribution in [0.5, 0.6) is 0 Å². The molecule has 10 heteroatoms. The van der Waals surface area contributed by atoms with Crippen molar-refractivity contribution < 1.29 is 28.2 Å². The van der Waals surface area contributed by atoms with Crippen LogP contribution in [0.3, 0.4) is 0 Å². The zero-order valence-electron chi connectivity index (χ0n) is 11.5. The van der Waals surface area contributed by atoms with Gasteiger partial charge in [-0.2, -0.15) is 11.8 Å². The second-order valence-electron chi connectivity index (χ2n) is 5.23. The lowest BCUT2D eigenvalue weighted by Gasteiger charge is -2.37. The number of nitrogens with zero attached hydrogens (tertiary/aromatic N) is 2. The molecule has 0 aromatic rings. The third-order valence-corrected chi connectivity index (χ3v) is 6.28. The molecule has 2 aliphatic heterocycles. The van der Waals surface area contributed by atoms with E-state index in [9.17, 15) is 23.1 Å². The fourth-order valence-corrected chi connectivity index (χ4v) is 5.39. The van der Waals surface area contributed by atoms with Crippen molar-refractivity contribution in [1.82, 2.24) is 9.80 Å². The Hall–Kier alpha value is -1.00. The number of aliphatic hydroxyl groups excluding tert-OH is 1. The van der Waals surface area contributed by atoms with Crippen LogP contribution < -0.4 is 0 Å². The van der Waals surface area contributed by atoms with Crippen molar-refractivity contribution in [1.29, 1.82) is 0 Å². The van der Waals surface area contributed by atoms with E-state index in [1.165, 1.54) is 16.7 Å². The van der Waals surface area contributed by atoms with E-state index < -0.39 is 39.4 Å². The predicted octanol–water partition coefficient (Wildman–Crippen LogP) is -0.954. The van der Waals surface area contributed by atoms with Gasteiger partial charge in [0.2, 0.25) is 0 Å². The van der Waals surface area contributed by atoms with Gasteiger partial charge in [-0.05, 0) is 0 Å². The zero-order chi connectivity index (χ0) is 15.8. The lowest BCUT2D eigenvalue weighted by Crippen LogP contribution is -2.56. The Bertz CT molecular complexity index is 537. The summed E-state index contributed by atoms with van der Waals surface area (Å²) in [7, 11) is -3.45. The molecule has 0 radical (unpaired) electrons. The van der Waals surface area contributed by atoms with Crippen LogP contribution in [0.25, 0.3) is 0 Å². The number of aliphatic carboxylic acids is 1. The number of carboxylic acid groups (broad SMARTS) is 1. The van der Waals surface area contributed by atoms with Gasteiger partial charge in [0.1, 0.15) is 11.4 Å². The van der Waals surface area contributed by atoms with Gasteiger partial charge in [0, 0.05) is 37.3 Å². The molecule has 0 aromatic heterocycles. The largest absolute Gasteiger partial charge is 0.480 e. The third kappa shape index (κ3) is 3.43. The molecule has 2 N–H and O–H groups in total. The van der Waals surface area contributed by atoms with Crippen LogP contribution >= 0.6 is 11.8 Å². The first-order chi connectivity index (χ1) is 9.71. The number of carbonyl (C=O) groups is 2. The van der Waals surface area contributed by atoms with E-state index in [0.717, 1.165) is 11.2 Å². The molecule has 0 saturated carbocycles. The lowest BCUT2D eigenvalue weighted by molar-refractivity contribution is -0.141. The molecule has 0 spiro atoms. The van der Waals surface area contributed by atoms with E-state index in [4.69, 9.17) is 5.11 Å². The molecule has 2 rings (SSSR count). The standard InChI is InChI=1S/C11H18N2O6S2/c1-21(18,19)9-6-20-3-2-12(9)11(17)13-5-7(14)4-8(13)10(15)16/h7-9,14H,2-6H2,1H3,(H,15,16)/t7-,8-,9?/m0/s1. The van der Waals surface area contributed by atoms with Gasteiger partial charge < -0.3 is 20.0 Å². The van der Waals surface area contributed by atoms with Gasteiger partial charge in [0.25, 0.3) is 0 Å². The summed E-state index contributed by atoms with van der Waals surface area (Å²) in [6.45, 7) is 0.163. The summed E-state index contributed by atoms with van der Waals surface area (Å²) < 4.78 is 23.6. The average molecular weight is 338 g/mol. The minimum atomic E-state index is -3.45. The maximum absolute atomic E-state index is 12.5. The van der Waals surface area contributed by atoms with Crippen LogP contribution in [0.2, 0.25) is 0 Å². The Labute approximate surface area is 127 Å². The van der Waals surface area contributed by atoms with Crippen molar-refractivity contribution in [2.75, 3.05) is 30.9 Å². The van der Waals surface area contributed by atoms with Gasteiger partial charge in [-0.25, -0.2) is 18.0 Å². The van der Waals surface area contributed by atoms with E-state index in [1.807, 2.05) is 0 Å². The minimum absolute atomic E-state index is 0.0345. The molecule has 0 aliphatic carbocycles. The maximum atomic E-state index is 12.5. The molecule has 0 aromatic carbocycles. The van der Waals surface area contributed by atoms with Crippen LogP contribution in [0.1, 0.15) is 6.42 Å². The number of thioether (sulfide) groups is 1. The molecule has 2 fully saturated rings. The van der Waals surface area contributed by atoms with Gasteiger partial charge in [-0.3, -0.25) is 0 Å². The van der Waals surface area contributed by atoms with Gasteiger partial charge in [0.05, 0.1) is 6.10 Å². The second-order valence-corrected chi connectivity index (χ2v) is 8.58. The van der Waals surface area contributed by atoms with Crippen LogP contribution in [0.4, 0.5) is 4.79 Å². The quantitative estimate of drug-likeness (QED) is 0.666. The summed E-state index contributed by atoms with van der Waals surface area (Å²) in [5.41, 5.74) is 0. The van der Waals surface area contributed by atoms with Crippen LogP contribution in [-0.4, -0.2) is 88.8 Å². The number of amides is 2. The van der Waals surface area contributed by atoms with Crippen LogP contribution in [0, 0.1) is 0 Å². The Morgan fingerprint density at radius 1 is 1.29 bits per heavy atom. The summed E-state index contributed by atoms with van der Waals surface area (Å²) in [6, 6.07) is -1.74. The number of sulfone groups is 1. The number of hydrogen-bond acceptors (Lipinski definition) is 6. The number of likely N-dealkylation sites (tertiary alicyclic amines) is 1. The average Bonchev–Trinajstić information content (AvgIpc) is 2.79. The third-order valence-electron chi connectivity index (χ3n) is 3.63. The number of rotatable bonds is 2. The molecule has 2 aliphatic rings. The topological polar surface area (TPSA) is 115 Å². The molecular formula is C11H18N2O6S2. The first-order valence-electron chi connectivity index (χ1n) is 6.46. The summed E-state index contributed by atoms with van der Waals surface area (Å²) in [4.78, 5) is 26.0. The highest BCUT2D eigenvalue weighted by atomic mass is 32.2. The molecule has 1 unspecified atom stereocenters. The number of hydrogen-bond donors (Lipinski definition) is 2. The van der Waals surface area contributed by atoms with Crippen molar-refractivity contribution in [2.24, 2.45) is 0 Å². The monoisotopic (exact) mass is 338 g/mol. The molecule has 8 nitrogen and oxygen atoms in total. The Morgan fingerprint density at radius 3 is 2.52 bits per heavy atom. The number of urea groups is 1. The highest BCUT2D eigenvalue weighted by Crippen LogP contribution is 2.25. The van der Waals surface area contributed by atoms with E-state index in [-0.39, 0.29) is 25.3 Å². The molecule has 21 heavy (non-hydrogen) atoms. The molecule has 2 amide bonds.